The summed E-state index contributed by atoms with van der Waals surface area (Å²) in [6.45, 7) is 48.7. The first-order valence-corrected chi connectivity index (χ1v) is 45.7. The van der Waals surface area contributed by atoms with Crippen LogP contribution in [0.3, 0.4) is 0 Å². The Morgan fingerprint density at radius 3 is 0.951 bits per heavy atom. The molecular weight excluding hydrogens is 1730 g/mol. The molecule has 662 valence electrons. The van der Waals surface area contributed by atoms with Crippen molar-refractivity contribution in [3.05, 3.63) is 388 Å². The van der Waals surface area contributed by atoms with Crippen molar-refractivity contribution in [3.8, 4) is 28.4 Å². The van der Waals surface area contributed by atoms with E-state index in [1.807, 2.05) is 174 Å². The van der Waals surface area contributed by atoms with E-state index >= 15 is 0 Å². The molecule has 0 radical (unpaired) electrons. The van der Waals surface area contributed by atoms with Gasteiger partial charge < -0.3 is 19.7 Å². The summed E-state index contributed by atoms with van der Waals surface area (Å²) < 4.78 is 23.6. The second-order valence-electron chi connectivity index (χ2n) is 32.9. The quantitative estimate of drug-likeness (QED) is 0.101. The number of aliphatic hydroxyl groups is 2. The Bertz CT molecular complexity index is 4700. The zero-order chi connectivity index (χ0) is 92.5. The van der Waals surface area contributed by atoms with E-state index in [1.54, 1.807) is 13.2 Å². The van der Waals surface area contributed by atoms with Crippen molar-refractivity contribution in [2.45, 2.75) is 232 Å². The molecule has 0 amide bonds. The largest absolute Gasteiger partial charge is 0.497 e. The Kier molecular flexibility index (Phi) is 51.6. The van der Waals surface area contributed by atoms with Gasteiger partial charge in [-0.15, -0.1) is 0 Å². The second kappa shape index (κ2) is 57.6. The Balaban J connectivity index is 0.000000354. The molecule has 0 heterocycles. The first kappa shape index (κ1) is 110. The van der Waals surface area contributed by atoms with Crippen LogP contribution in [0.25, 0.3) is 11.1 Å². The van der Waals surface area contributed by atoms with E-state index in [9.17, 15) is 4.39 Å². The molecule has 4 nitrogen and oxygen atoms in total. The molecule has 0 aliphatic heterocycles. The van der Waals surface area contributed by atoms with Gasteiger partial charge in [0.15, 0.2) is 0 Å². The predicted octanol–water partition coefficient (Wildman–Crippen LogP) is 38.2. The van der Waals surface area contributed by atoms with Gasteiger partial charge in [0.1, 0.15) is 23.1 Å². The Morgan fingerprint density at radius 1 is 0.252 bits per heavy atom. The lowest BCUT2D eigenvalue weighted by Crippen LogP contribution is -1.92. The molecule has 123 heavy (non-hydrogen) atoms. The van der Waals surface area contributed by atoms with E-state index in [-0.39, 0.29) is 24.1 Å². The summed E-state index contributed by atoms with van der Waals surface area (Å²) in [6, 6.07) is 82.0. The molecule has 0 spiro atoms. The lowest BCUT2D eigenvalue weighted by molar-refractivity contribution is 0.281. The van der Waals surface area contributed by atoms with Crippen molar-refractivity contribution in [2.24, 2.45) is 0 Å². The molecule has 0 aromatic heterocycles. The van der Waals surface area contributed by atoms with Crippen LogP contribution in [-0.4, -0.2) is 17.3 Å². The minimum atomic E-state index is -0.335. The highest BCUT2D eigenvalue weighted by molar-refractivity contribution is 6.42. The lowest BCUT2D eigenvalue weighted by atomic mass is 9.99. The van der Waals surface area contributed by atoms with Crippen LogP contribution in [0.1, 0.15) is 281 Å². The highest BCUT2D eigenvalue weighted by atomic mass is 35.5. The Morgan fingerprint density at radius 2 is 0.577 bits per heavy atom. The van der Waals surface area contributed by atoms with Gasteiger partial charge in [-0.25, -0.2) is 4.39 Å². The van der Waals surface area contributed by atoms with Gasteiger partial charge in [-0.3, -0.25) is 0 Å². The van der Waals surface area contributed by atoms with E-state index in [0.717, 1.165) is 70.7 Å². The number of hydrogen-bond acceptors (Lipinski definition) is 4. The van der Waals surface area contributed by atoms with Crippen molar-refractivity contribution < 1.29 is 24.1 Å². The molecule has 0 aliphatic rings. The molecule has 12 rings (SSSR count). The zero-order valence-corrected chi connectivity index (χ0v) is 83.8. The van der Waals surface area contributed by atoms with Crippen molar-refractivity contribution in [2.75, 3.05) is 7.11 Å². The van der Waals surface area contributed by atoms with E-state index in [4.69, 9.17) is 136 Å². The maximum Gasteiger partial charge on any atom is 0.142 e. The summed E-state index contributed by atoms with van der Waals surface area (Å²) in [5, 5.41) is 24.3. The number of halogens is 11. The molecule has 0 atom stereocenters. The van der Waals surface area contributed by atoms with Gasteiger partial charge >= 0.3 is 0 Å². The second-order valence-corrected chi connectivity index (χ2v) is 37.0. The van der Waals surface area contributed by atoms with E-state index in [0.29, 0.717) is 89.9 Å². The molecule has 0 bridgehead atoms. The van der Waals surface area contributed by atoms with E-state index in [1.165, 1.54) is 61.7 Å². The molecule has 12 aromatic carbocycles. The maximum atomic E-state index is 12.8. The lowest BCUT2D eigenvalue weighted by Gasteiger charge is -2.10. The van der Waals surface area contributed by atoms with Crippen LogP contribution in [0, 0.1) is 26.6 Å². The number of ether oxygens (including phenoxy) is 2. The smallest absolute Gasteiger partial charge is 0.142 e. The van der Waals surface area contributed by atoms with Crippen molar-refractivity contribution >= 4 is 116 Å². The Labute approximate surface area is 788 Å². The number of aliphatic hydroxyl groups excluding tert-OH is 2. The minimum Gasteiger partial charge on any atom is -0.497 e. The Hall–Kier alpha value is -7.01. The number of hydrogen-bond donors (Lipinski definition) is 2. The van der Waals surface area contributed by atoms with Crippen LogP contribution in [0.5, 0.6) is 17.2 Å². The molecule has 0 saturated heterocycles. The fourth-order valence-electron chi connectivity index (χ4n) is 11.1. The number of para-hydroxylation sites is 1. The zero-order valence-electron chi connectivity index (χ0n) is 76.2. The van der Waals surface area contributed by atoms with Gasteiger partial charge in [-0.2, -0.15) is 0 Å². The van der Waals surface area contributed by atoms with Crippen molar-refractivity contribution in [3.63, 3.8) is 0 Å². The van der Waals surface area contributed by atoms with Gasteiger partial charge in [-0.05, 0) is 272 Å². The van der Waals surface area contributed by atoms with Crippen molar-refractivity contribution in [1.82, 2.24) is 0 Å². The fourth-order valence-corrected chi connectivity index (χ4v) is 13.2. The molecule has 0 aliphatic carbocycles. The summed E-state index contributed by atoms with van der Waals surface area (Å²) >= 11 is 58.6. The maximum absolute atomic E-state index is 12.8. The number of aryl methyl sites for hydroxylation is 3. The average Bonchev–Trinajstić information content (AvgIpc) is 0.834. The molecule has 12 aromatic rings. The number of rotatable bonds is 16. The van der Waals surface area contributed by atoms with Crippen LogP contribution in [0.2, 0.25) is 50.2 Å². The molecule has 15 heteroatoms. The summed E-state index contributed by atoms with van der Waals surface area (Å²) in [4.78, 5) is 0. The third-order valence-corrected chi connectivity index (χ3v) is 23.2. The first-order valence-electron chi connectivity index (χ1n) is 41.9. The standard InChI is InChI=1S/C15H16O.C15H16.C10H12Cl2O.2C10H13ClO.3C10H13Cl.C9H10Cl2.C9H10ClF/c1-12(2)13-8-10-15(11-9-13)16-14-6-4-3-5-7-14;1-12(2)13-8-10-15(11-9-13)14-6-4-3-5-7-14;1-6(2)7-3-9(11)8(5-13)10(12)4-7;1-7(2)8-4-9(11)6-10(5-8)12-3;1-7(2)8-3-4-9(6-12)10(11)5-8;1-7(2)9-4-5-10(11)8(3)6-9;2*1-7(2)9-5-4-8(3)10(11)6-9;2*1-6(2)7-3-4-8(10)9(11)5-7/h3-12H,1-2H3;3-12H,1-2H3;3-4,6,13H,5H2,1-2H3;4-7H,1-3H3;3-5,7,12H,6H2,1-2H3;3*4-7H,1-3H3;2*3-6H,1-2H3. The van der Waals surface area contributed by atoms with Gasteiger partial charge in [0.2, 0.25) is 0 Å². The summed E-state index contributed by atoms with van der Waals surface area (Å²) in [6.07, 6.45) is 0. The topological polar surface area (TPSA) is 58.9 Å². The minimum absolute atomic E-state index is 0.0111. The van der Waals surface area contributed by atoms with Crippen molar-refractivity contribution in [1.29, 1.82) is 0 Å². The van der Waals surface area contributed by atoms with Crippen LogP contribution in [-0.2, 0) is 13.2 Å². The predicted molar refractivity (Wildman–Crippen MR) is 540 cm³/mol. The van der Waals surface area contributed by atoms with Gasteiger partial charge in [0.05, 0.1) is 35.4 Å². The molecule has 0 fully saturated rings. The van der Waals surface area contributed by atoms with E-state index < -0.39 is 0 Å². The molecule has 0 unspecified atom stereocenters. The van der Waals surface area contributed by atoms with Crippen LogP contribution in [0.15, 0.2) is 249 Å². The number of methoxy groups -OCH3 is 1. The summed E-state index contributed by atoms with van der Waals surface area (Å²) in [5.74, 6) is 7.34. The van der Waals surface area contributed by atoms with Gasteiger partial charge in [0.25, 0.3) is 0 Å². The monoisotopic (exact) mass is 1860 g/mol. The van der Waals surface area contributed by atoms with Crippen LogP contribution < -0.4 is 9.47 Å². The first-order chi connectivity index (χ1) is 57.9. The van der Waals surface area contributed by atoms with Crippen LogP contribution in [0.4, 0.5) is 4.39 Å². The highest BCUT2D eigenvalue weighted by Gasteiger charge is 2.12. The third kappa shape index (κ3) is 41.1. The third-order valence-electron chi connectivity index (χ3n) is 19.7. The SMILES string of the molecule is CC(C)c1cc(Cl)c(CO)c(Cl)c1.CC(C)c1ccc(-c2ccccc2)cc1.CC(C)c1ccc(CO)c(Cl)c1.CC(C)c1ccc(Cl)c(Cl)c1.CC(C)c1ccc(Cl)c(F)c1.CC(C)c1ccc(Oc2ccccc2)cc1.COc1cc(Cl)cc(C(C)C)c1.Cc1cc(C(C)C)ccc1Cl.Cc1ccc(C(C)C)cc1Cl.Cc1ccc(C(C)C)cc1Cl. The fraction of sp³-hybridized carbons (Fsp3) is 0.333. The molecular formula is C108H129Cl10FO4. The average molecular weight is 1860 g/mol. The van der Waals surface area contributed by atoms with E-state index in [2.05, 4.69) is 222 Å². The highest BCUT2D eigenvalue weighted by Crippen LogP contribution is 2.34. The van der Waals surface area contributed by atoms with Crippen LogP contribution >= 0.6 is 116 Å². The van der Waals surface area contributed by atoms with Gasteiger partial charge in [-0.1, -0.05) is 400 Å². The summed E-state index contributed by atoms with van der Waals surface area (Å²) in [5.41, 5.74) is 19.8. The molecule has 2 N–H and O–H groups in total. The van der Waals surface area contributed by atoms with Gasteiger partial charge in [0, 0.05) is 40.7 Å². The molecule has 0 saturated carbocycles. The number of benzene rings is 12. The summed E-state index contributed by atoms with van der Waals surface area (Å²) in [7, 11) is 1.65. The normalized spacial score (nSPS) is 10.6.